The van der Waals surface area contributed by atoms with E-state index >= 15 is 0 Å². The van der Waals surface area contributed by atoms with Crippen LogP contribution in [0.5, 0.6) is 0 Å². The second kappa shape index (κ2) is 6.28. The SMILES string of the molecule is CC#CCC(CC)CC(C)C. The Balaban J connectivity index is 3.63. The van der Waals surface area contributed by atoms with Gasteiger partial charge in [-0.15, -0.1) is 11.8 Å². The van der Waals surface area contributed by atoms with E-state index < -0.39 is 0 Å². The van der Waals surface area contributed by atoms with Crippen LogP contribution in [0.4, 0.5) is 0 Å². The molecule has 0 aliphatic heterocycles. The highest BCUT2D eigenvalue weighted by molar-refractivity contribution is 4.96. The molecule has 1 unspecified atom stereocenters. The van der Waals surface area contributed by atoms with Crippen molar-refractivity contribution < 1.29 is 0 Å². The first-order valence-corrected chi connectivity index (χ1v) is 4.60. The first kappa shape index (κ1) is 10.6. The van der Waals surface area contributed by atoms with E-state index in [0.717, 1.165) is 18.3 Å². The second-order valence-corrected chi connectivity index (χ2v) is 3.53. The molecule has 0 radical (unpaired) electrons. The molecule has 0 rings (SSSR count). The summed E-state index contributed by atoms with van der Waals surface area (Å²) in [5.74, 6) is 7.75. The Hall–Kier alpha value is -0.440. The second-order valence-electron chi connectivity index (χ2n) is 3.53. The summed E-state index contributed by atoms with van der Waals surface area (Å²) < 4.78 is 0. The molecule has 0 bridgehead atoms. The Kier molecular flexibility index (Phi) is 6.03. The van der Waals surface area contributed by atoms with Crippen LogP contribution in [0, 0.1) is 23.7 Å². The van der Waals surface area contributed by atoms with Crippen molar-refractivity contribution in [3.05, 3.63) is 0 Å². The fraction of sp³-hybridized carbons (Fsp3) is 0.818. The topological polar surface area (TPSA) is 0 Å². The van der Waals surface area contributed by atoms with Crippen molar-refractivity contribution in [2.24, 2.45) is 11.8 Å². The van der Waals surface area contributed by atoms with Gasteiger partial charge in [-0.3, -0.25) is 0 Å². The zero-order chi connectivity index (χ0) is 8.69. The monoisotopic (exact) mass is 152 g/mol. The van der Waals surface area contributed by atoms with E-state index in [-0.39, 0.29) is 0 Å². The molecule has 0 fully saturated rings. The van der Waals surface area contributed by atoms with Crippen LogP contribution in [0.2, 0.25) is 0 Å². The summed E-state index contributed by atoms with van der Waals surface area (Å²) >= 11 is 0. The maximum absolute atomic E-state index is 3.15. The van der Waals surface area contributed by atoms with Crippen LogP contribution < -0.4 is 0 Å². The first-order chi connectivity index (χ1) is 5.20. The van der Waals surface area contributed by atoms with Gasteiger partial charge in [0.05, 0.1) is 0 Å². The van der Waals surface area contributed by atoms with Crippen molar-refractivity contribution in [3.8, 4) is 11.8 Å². The number of hydrogen-bond donors (Lipinski definition) is 0. The summed E-state index contributed by atoms with van der Waals surface area (Å²) in [7, 11) is 0. The Morgan fingerprint density at radius 3 is 2.27 bits per heavy atom. The Bertz CT molecular complexity index is 134. The van der Waals surface area contributed by atoms with Gasteiger partial charge < -0.3 is 0 Å². The standard InChI is InChI=1S/C11H20/c1-5-7-8-11(6-2)9-10(3)4/h10-11H,6,8-9H2,1-4H3. The van der Waals surface area contributed by atoms with Crippen LogP contribution in [-0.4, -0.2) is 0 Å². The third-order valence-corrected chi connectivity index (χ3v) is 1.95. The predicted molar refractivity (Wildman–Crippen MR) is 51.3 cm³/mol. The molecule has 0 N–H and O–H groups in total. The molecule has 0 nitrogen and oxygen atoms in total. The summed E-state index contributed by atoms with van der Waals surface area (Å²) in [5.41, 5.74) is 0. The summed E-state index contributed by atoms with van der Waals surface area (Å²) in [6.45, 7) is 8.73. The number of rotatable bonds is 4. The summed E-state index contributed by atoms with van der Waals surface area (Å²) in [5, 5.41) is 0. The normalized spacial score (nSPS) is 12.5. The average molecular weight is 152 g/mol. The van der Waals surface area contributed by atoms with Gasteiger partial charge in [0, 0.05) is 6.42 Å². The van der Waals surface area contributed by atoms with E-state index in [1.54, 1.807) is 0 Å². The lowest BCUT2D eigenvalue weighted by molar-refractivity contribution is 0.406. The van der Waals surface area contributed by atoms with Crippen molar-refractivity contribution in [1.82, 2.24) is 0 Å². The fourth-order valence-corrected chi connectivity index (χ4v) is 1.31. The average Bonchev–Trinajstić information content (AvgIpc) is 1.97. The molecular weight excluding hydrogens is 132 g/mol. The number of hydrogen-bond acceptors (Lipinski definition) is 0. The predicted octanol–water partition coefficient (Wildman–Crippen LogP) is 3.47. The summed E-state index contributed by atoms with van der Waals surface area (Å²) in [6, 6.07) is 0. The molecule has 0 aromatic heterocycles. The Labute approximate surface area is 71.4 Å². The summed E-state index contributed by atoms with van der Waals surface area (Å²) in [4.78, 5) is 0. The van der Waals surface area contributed by atoms with Gasteiger partial charge in [-0.1, -0.05) is 27.2 Å². The molecule has 11 heavy (non-hydrogen) atoms. The van der Waals surface area contributed by atoms with E-state index in [1.165, 1.54) is 12.8 Å². The zero-order valence-corrected chi connectivity index (χ0v) is 8.28. The van der Waals surface area contributed by atoms with Gasteiger partial charge >= 0.3 is 0 Å². The van der Waals surface area contributed by atoms with E-state index in [0.29, 0.717) is 0 Å². The van der Waals surface area contributed by atoms with Crippen molar-refractivity contribution in [2.75, 3.05) is 0 Å². The quantitative estimate of drug-likeness (QED) is 0.541. The maximum atomic E-state index is 3.15. The van der Waals surface area contributed by atoms with Gasteiger partial charge in [-0.25, -0.2) is 0 Å². The third-order valence-electron chi connectivity index (χ3n) is 1.95. The molecular formula is C11H20. The largest absolute Gasteiger partial charge is 0.107 e. The molecule has 0 aromatic carbocycles. The van der Waals surface area contributed by atoms with Crippen LogP contribution in [0.3, 0.4) is 0 Å². The van der Waals surface area contributed by atoms with Gasteiger partial charge in [-0.2, -0.15) is 0 Å². The van der Waals surface area contributed by atoms with Crippen molar-refractivity contribution in [3.63, 3.8) is 0 Å². The molecule has 0 saturated carbocycles. The van der Waals surface area contributed by atoms with E-state index in [9.17, 15) is 0 Å². The van der Waals surface area contributed by atoms with Gasteiger partial charge in [0.25, 0.3) is 0 Å². The minimum absolute atomic E-state index is 0.818. The lowest BCUT2D eigenvalue weighted by Crippen LogP contribution is -2.02. The first-order valence-electron chi connectivity index (χ1n) is 4.60. The van der Waals surface area contributed by atoms with Crippen LogP contribution in [0.25, 0.3) is 0 Å². The van der Waals surface area contributed by atoms with Gasteiger partial charge in [-0.05, 0) is 25.2 Å². The summed E-state index contributed by atoms with van der Waals surface area (Å²) in [6.07, 6.45) is 3.68. The van der Waals surface area contributed by atoms with Crippen LogP contribution in [-0.2, 0) is 0 Å². The fourth-order valence-electron chi connectivity index (χ4n) is 1.31. The minimum Gasteiger partial charge on any atom is -0.107 e. The Morgan fingerprint density at radius 2 is 1.91 bits per heavy atom. The van der Waals surface area contributed by atoms with Crippen molar-refractivity contribution in [2.45, 2.75) is 47.0 Å². The molecule has 0 heteroatoms. The van der Waals surface area contributed by atoms with Crippen molar-refractivity contribution >= 4 is 0 Å². The molecule has 0 aliphatic carbocycles. The molecule has 0 saturated heterocycles. The lowest BCUT2D eigenvalue weighted by atomic mass is 9.92. The Morgan fingerprint density at radius 1 is 1.27 bits per heavy atom. The minimum atomic E-state index is 0.818. The molecule has 0 aliphatic rings. The van der Waals surface area contributed by atoms with Crippen LogP contribution in [0.1, 0.15) is 47.0 Å². The molecule has 0 spiro atoms. The van der Waals surface area contributed by atoms with Crippen molar-refractivity contribution in [1.29, 1.82) is 0 Å². The smallest absolute Gasteiger partial charge is 0.0117 e. The molecule has 0 aromatic rings. The third kappa shape index (κ3) is 5.98. The molecule has 0 heterocycles. The highest BCUT2D eigenvalue weighted by atomic mass is 14.1. The van der Waals surface area contributed by atoms with Gasteiger partial charge in [0.1, 0.15) is 0 Å². The molecule has 0 amide bonds. The zero-order valence-electron chi connectivity index (χ0n) is 8.28. The highest BCUT2D eigenvalue weighted by Crippen LogP contribution is 2.17. The van der Waals surface area contributed by atoms with E-state index in [1.807, 2.05) is 6.92 Å². The van der Waals surface area contributed by atoms with Gasteiger partial charge in [0.2, 0.25) is 0 Å². The molecule has 64 valence electrons. The highest BCUT2D eigenvalue weighted by Gasteiger charge is 2.06. The van der Waals surface area contributed by atoms with Crippen LogP contribution in [0.15, 0.2) is 0 Å². The molecule has 1 atom stereocenters. The van der Waals surface area contributed by atoms with E-state index in [2.05, 4.69) is 32.6 Å². The van der Waals surface area contributed by atoms with Gasteiger partial charge in [0.15, 0.2) is 0 Å². The van der Waals surface area contributed by atoms with Crippen LogP contribution >= 0.6 is 0 Å². The van der Waals surface area contributed by atoms with E-state index in [4.69, 9.17) is 0 Å². The maximum Gasteiger partial charge on any atom is 0.0117 e. The lowest BCUT2D eigenvalue weighted by Gasteiger charge is -2.13.